The number of hydrogen-bond acceptors (Lipinski definition) is 1. The highest BCUT2D eigenvalue weighted by molar-refractivity contribution is 9.10. The first-order chi connectivity index (χ1) is 8.99. The Morgan fingerprint density at radius 2 is 1.79 bits per heavy atom. The van der Waals surface area contributed by atoms with Crippen LogP contribution in [-0.2, 0) is 6.42 Å². The first-order valence-corrected chi connectivity index (χ1v) is 6.99. The Kier molecular flexibility index (Phi) is 4.47. The van der Waals surface area contributed by atoms with E-state index in [1.54, 1.807) is 6.07 Å². The van der Waals surface area contributed by atoms with Gasteiger partial charge in [-0.2, -0.15) is 0 Å². The van der Waals surface area contributed by atoms with Crippen molar-refractivity contribution in [1.82, 2.24) is 0 Å². The summed E-state index contributed by atoms with van der Waals surface area (Å²) >= 11 is 6.35. The SMILES string of the molecule is O=C(Cc1ccc(F)cc1Br)c1c(F)cccc1Br. The van der Waals surface area contributed by atoms with Crippen molar-refractivity contribution in [2.24, 2.45) is 0 Å². The third kappa shape index (κ3) is 3.28. The van der Waals surface area contributed by atoms with Gasteiger partial charge in [-0.3, -0.25) is 4.79 Å². The van der Waals surface area contributed by atoms with Crippen LogP contribution in [-0.4, -0.2) is 5.78 Å². The summed E-state index contributed by atoms with van der Waals surface area (Å²) in [6.07, 6.45) is 0.000394. The molecule has 0 N–H and O–H groups in total. The lowest BCUT2D eigenvalue weighted by Crippen LogP contribution is -2.07. The summed E-state index contributed by atoms with van der Waals surface area (Å²) in [7, 11) is 0. The lowest BCUT2D eigenvalue weighted by atomic mass is 10.0. The smallest absolute Gasteiger partial charge is 0.171 e. The van der Waals surface area contributed by atoms with Crippen molar-refractivity contribution < 1.29 is 13.6 Å². The molecule has 0 fully saturated rings. The highest BCUT2D eigenvalue weighted by Gasteiger charge is 2.17. The second kappa shape index (κ2) is 5.92. The third-order valence-electron chi connectivity index (χ3n) is 2.61. The number of carbonyl (C=O) groups is 1. The van der Waals surface area contributed by atoms with Crippen molar-refractivity contribution in [3.8, 4) is 0 Å². The fraction of sp³-hybridized carbons (Fsp3) is 0.0714. The summed E-state index contributed by atoms with van der Waals surface area (Å²) in [5, 5.41) is 0. The van der Waals surface area contributed by atoms with E-state index in [-0.39, 0.29) is 17.8 Å². The Morgan fingerprint density at radius 3 is 2.42 bits per heavy atom. The zero-order chi connectivity index (χ0) is 14.0. The number of ketones is 1. The summed E-state index contributed by atoms with van der Waals surface area (Å²) < 4.78 is 27.5. The Balaban J connectivity index is 2.31. The molecular formula is C14H8Br2F2O. The molecule has 0 radical (unpaired) electrons. The fourth-order valence-corrected chi connectivity index (χ4v) is 2.74. The van der Waals surface area contributed by atoms with Gasteiger partial charge in [0.05, 0.1) is 5.56 Å². The Morgan fingerprint density at radius 1 is 1.05 bits per heavy atom. The van der Waals surface area contributed by atoms with Crippen molar-refractivity contribution >= 4 is 37.6 Å². The monoisotopic (exact) mass is 388 g/mol. The van der Waals surface area contributed by atoms with Crippen LogP contribution < -0.4 is 0 Å². The molecule has 2 aromatic rings. The average Bonchev–Trinajstić information content (AvgIpc) is 2.32. The normalized spacial score (nSPS) is 10.5. The molecule has 0 atom stereocenters. The molecule has 0 aliphatic carbocycles. The molecule has 2 rings (SSSR count). The number of benzene rings is 2. The van der Waals surface area contributed by atoms with Crippen LogP contribution in [0, 0.1) is 11.6 Å². The molecule has 0 aromatic heterocycles. The summed E-state index contributed by atoms with van der Waals surface area (Å²) in [6, 6.07) is 8.41. The maximum atomic E-state index is 13.6. The summed E-state index contributed by atoms with van der Waals surface area (Å²) in [6.45, 7) is 0. The minimum absolute atomic E-state index is 0.000394. The quantitative estimate of drug-likeness (QED) is 0.681. The van der Waals surface area contributed by atoms with Gasteiger partial charge in [0.2, 0.25) is 0 Å². The molecule has 0 saturated carbocycles. The summed E-state index contributed by atoms with van der Waals surface area (Å²) in [4.78, 5) is 12.1. The van der Waals surface area contributed by atoms with E-state index in [1.165, 1.54) is 30.3 Å². The van der Waals surface area contributed by atoms with Crippen LogP contribution in [0.2, 0.25) is 0 Å². The number of halogens is 4. The van der Waals surface area contributed by atoms with Crippen LogP contribution in [0.5, 0.6) is 0 Å². The van der Waals surface area contributed by atoms with Gasteiger partial charge in [-0.15, -0.1) is 0 Å². The molecule has 98 valence electrons. The topological polar surface area (TPSA) is 17.1 Å². The second-order valence-corrected chi connectivity index (χ2v) is 5.64. The molecule has 0 heterocycles. The van der Waals surface area contributed by atoms with Gasteiger partial charge in [-0.25, -0.2) is 8.78 Å². The minimum Gasteiger partial charge on any atom is -0.294 e. The van der Waals surface area contributed by atoms with Crippen LogP contribution >= 0.6 is 31.9 Å². The lowest BCUT2D eigenvalue weighted by molar-refractivity contribution is 0.0988. The molecule has 1 nitrogen and oxygen atoms in total. The molecule has 0 unspecified atom stereocenters. The van der Waals surface area contributed by atoms with Crippen LogP contribution in [0.1, 0.15) is 15.9 Å². The van der Waals surface area contributed by atoms with Gasteiger partial charge in [0.25, 0.3) is 0 Å². The maximum absolute atomic E-state index is 13.6. The summed E-state index contributed by atoms with van der Waals surface area (Å²) in [5.41, 5.74) is 0.625. The largest absolute Gasteiger partial charge is 0.294 e. The standard InChI is InChI=1S/C14H8Br2F2O/c15-10-2-1-3-12(18)14(10)13(19)6-8-4-5-9(17)7-11(8)16/h1-5,7H,6H2. The van der Waals surface area contributed by atoms with Gasteiger partial charge in [0.1, 0.15) is 11.6 Å². The Labute approximate surface area is 125 Å². The average molecular weight is 390 g/mol. The van der Waals surface area contributed by atoms with E-state index in [9.17, 15) is 13.6 Å². The molecular weight excluding hydrogens is 382 g/mol. The molecule has 0 spiro atoms. The first-order valence-electron chi connectivity index (χ1n) is 5.40. The van der Waals surface area contributed by atoms with Crippen LogP contribution in [0.4, 0.5) is 8.78 Å². The van der Waals surface area contributed by atoms with E-state index in [2.05, 4.69) is 31.9 Å². The number of Topliss-reactive ketones (excluding diaryl/α,β-unsaturated/α-hetero) is 1. The van der Waals surface area contributed by atoms with E-state index >= 15 is 0 Å². The highest BCUT2D eigenvalue weighted by atomic mass is 79.9. The van der Waals surface area contributed by atoms with E-state index in [0.717, 1.165) is 0 Å². The Hall–Kier alpha value is -1.07. The van der Waals surface area contributed by atoms with Gasteiger partial charge < -0.3 is 0 Å². The van der Waals surface area contributed by atoms with Crippen LogP contribution in [0.3, 0.4) is 0 Å². The van der Waals surface area contributed by atoms with Gasteiger partial charge in [0, 0.05) is 15.4 Å². The molecule has 0 aliphatic heterocycles. The third-order valence-corrected chi connectivity index (χ3v) is 4.01. The predicted molar refractivity (Wildman–Crippen MR) is 76.2 cm³/mol. The molecule has 19 heavy (non-hydrogen) atoms. The van der Waals surface area contributed by atoms with Gasteiger partial charge >= 0.3 is 0 Å². The van der Waals surface area contributed by atoms with Crippen LogP contribution in [0.25, 0.3) is 0 Å². The van der Waals surface area contributed by atoms with Crippen molar-refractivity contribution in [2.75, 3.05) is 0 Å². The van der Waals surface area contributed by atoms with E-state index in [0.29, 0.717) is 14.5 Å². The molecule has 0 bridgehead atoms. The van der Waals surface area contributed by atoms with Crippen molar-refractivity contribution in [3.63, 3.8) is 0 Å². The highest BCUT2D eigenvalue weighted by Crippen LogP contribution is 2.24. The van der Waals surface area contributed by atoms with E-state index in [1.807, 2.05) is 0 Å². The fourth-order valence-electron chi connectivity index (χ4n) is 1.69. The van der Waals surface area contributed by atoms with Crippen molar-refractivity contribution in [1.29, 1.82) is 0 Å². The zero-order valence-electron chi connectivity index (χ0n) is 9.59. The molecule has 5 heteroatoms. The predicted octanol–water partition coefficient (Wildman–Crippen LogP) is 4.92. The molecule has 0 aliphatic rings. The number of carbonyl (C=O) groups excluding carboxylic acids is 1. The lowest BCUT2D eigenvalue weighted by Gasteiger charge is -2.07. The molecule has 0 saturated heterocycles. The maximum Gasteiger partial charge on any atom is 0.171 e. The van der Waals surface area contributed by atoms with Gasteiger partial charge in [0.15, 0.2) is 5.78 Å². The molecule has 2 aromatic carbocycles. The van der Waals surface area contributed by atoms with Crippen molar-refractivity contribution in [2.45, 2.75) is 6.42 Å². The van der Waals surface area contributed by atoms with E-state index < -0.39 is 11.6 Å². The van der Waals surface area contributed by atoms with Gasteiger partial charge in [-0.1, -0.05) is 28.1 Å². The zero-order valence-corrected chi connectivity index (χ0v) is 12.8. The minimum atomic E-state index is -0.572. The molecule has 0 amide bonds. The van der Waals surface area contributed by atoms with Crippen LogP contribution in [0.15, 0.2) is 45.3 Å². The van der Waals surface area contributed by atoms with E-state index in [4.69, 9.17) is 0 Å². The van der Waals surface area contributed by atoms with Crippen molar-refractivity contribution in [3.05, 3.63) is 68.1 Å². The summed E-state index contributed by atoms with van der Waals surface area (Å²) in [5.74, 6) is -1.33. The Bertz CT molecular complexity index is 621. The van der Waals surface area contributed by atoms with Gasteiger partial charge in [-0.05, 0) is 45.8 Å². The second-order valence-electron chi connectivity index (χ2n) is 3.93. The first kappa shape index (κ1) is 14.3. The number of rotatable bonds is 3. The number of hydrogen-bond donors (Lipinski definition) is 0.